The maximum Gasteiger partial charge on any atom is 0.0453 e. The van der Waals surface area contributed by atoms with Crippen LogP contribution in [0.4, 0.5) is 5.69 Å². The predicted octanol–water partition coefficient (Wildman–Crippen LogP) is 4.76. The van der Waals surface area contributed by atoms with Gasteiger partial charge in [0.1, 0.15) is 0 Å². The molecule has 0 atom stereocenters. The topological polar surface area (TPSA) is 26.0 Å². The maximum atomic E-state index is 5.94. The number of benzene rings is 2. The van der Waals surface area contributed by atoms with Crippen molar-refractivity contribution in [2.24, 2.45) is 0 Å². The Labute approximate surface area is 121 Å². The normalized spacial score (nSPS) is 10.5. The molecule has 0 saturated heterocycles. The van der Waals surface area contributed by atoms with E-state index in [1.54, 1.807) is 0 Å². The van der Waals surface area contributed by atoms with Crippen LogP contribution in [0.3, 0.4) is 0 Å². The smallest absolute Gasteiger partial charge is 0.0453 e. The lowest BCUT2D eigenvalue weighted by atomic mass is 10.1. The average Bonchev–Trinajstić information content (AvgIpc) is 2.40. The molecule has 0 amide bonds. The number of anilines is 1. The molecule has 0 spiro atoms. The van der Waals surface area contributed by atoms with E-state index < -0.39 is 0 Å². The highest BCUT2D eigenvalue weighted by molar-refractivity contribution is 9.10. The second-order valence-corrected chi connectivity index (χ2v) is 6.17. The molecule has 0 aromatic heterocycles. The molecule has 0 fully saturated rings. The first kappa shape index (κ1) is 13.5. The second kappa shape index (κ2) is 6.86. The van der Waals surface area contributed by atoms with Crippen LogP contribution in [0, 0.1) is 0 Å². The minimum absolute atomic E-state index is 0.864. The quantitative estimate of drug-likeness (QED) is 0.488. The third-order valence-corrected chi connectivity index (χ3v) is 4.34. The number of nitrogens with two attached hydrogens (primary N) is 1. The Kier molecular flexibility index (Phi) is 5.14. The Morgan fingerprint density at radius 1 is 1.06 bits per heavy atom. The van der Waals surface area contributed by atoms with Crippen molar-refractivity contribution in [1.82, 2.24) is 0 Å². The fourth-order valence-electron chi connectivity index (χ4n) is 1.74. The van der Waals surface area contributed by atoms with Crippen LogP contribution in [0.1, 0.15) is 12.0 Å². The van der Waals surface area contributed by atoms with E-state index in [1.165, 1.54) is 12.0 Å². The molecule has 0 aliphatic carbocycles. The molecule has 2 aromatic carbocycles. The Bertz CT molecular complexity index is 499. The number of aryl methyl sites for hydroxylation is 1. The lowest BCUT2D eigenvalue weighted by molar-refractivity contribution is 0.933. The average molecular weight is 322 g/mol. The SMILES string of the molecule is Nc1ccc(Br)cc1SCCCc1ccccc1. The van der Waals surface area contributed by atoms with E-state index in [1.807, 2.05) is 23.9 Å². The van der Waals surface area contributed by atoms with Crippen LogP contribution in [0.25, 0.3) is 0 Å². The van der Waals surface area contributed by atoms with E-state index in [-0.39, 0.29) is 0 Å². The molecule has 0 saturated carbocycles. The zero-order chi connectivity index (χ0) is 12.8. The van der Waals surface area contributed by atoms with Crippen molar-refractivity contribution in [3.8, 4) is 0 Å². The van der Waals surface area contributed by atoms with E-state index in [0.29, 0.717) is 0 Å². The summed E-state index contributed by atoms with van der Waals surface area (Å²) in [6.07, 6.45) is 2.29. The molecule has 0 bridgehead atoms. The van der Waals surface area contributed by atoms with E-state index in [2.05, 4.69) is 52.3 Å². The second-order valence-electron chi connectivity index (χ2n) is 4.12. The molecule has 94 valence electrons. The van der Waals surface area contributed by atoms with E-state index in [0.717, 1.165) is 27.2 Å². The maximum absolute atomic E-state index is 5.94. The van der Waals surface area contributed by atoms with Gasteiger partial charge in [0.2, 0.25) is 0 Å². The van der Waals surface area contributed by atoms with Crippen molar-refractivity contribution >= 4 is 33.4 Å². The van der Waals surface area contributed by atoms with Gasteiger partial charge >= 0.3 is 0 Å². The lowest BCUT2D eigenvalue weighted by Crippen LogP contribution is -1.91. The minimum atomic E-state index is 0.864. The van der Waals surface area contributed by atoms with Gasteiger partial charge in [-0.25, -0.2) is 0 Å². The summed E-state index contributed by atoms with van der Waals surface area (Å²) in [6.45, 7) is 0. The van der Waals surface area contributed by atoms with Gasteiger partial charge < -0.3 is 5.73 Å². The van der Waals surface area contributed by atoms with Crippen molar-refractivity contribution in [2.75, 3.05) is 11.5 Å². The van der Waals surface area contributed by atoms with Crippen LogP contribution >= 0.6 is 27.7 Å². The molecule has 0 radical (unpaired) electrons. The van der Waals surface area contributed by atoms with Gasteiger partial charge in [-0.05, 0) is 42.4 Å². The molecule has 2 rings (SSSR count). The summed E-state index contributed by atoms with van der Waals surface area (Å²) in [5, 5.41) is 0. The largest absolute Gasteiger partial charge is 0.398 e. The summed E-state index contributed by atoms with van der Waals surface area (Å²) in [5.41, 5.74) is 8.21. The zero-order valence-electron chi connectivity index (χ0n) is 10.1. The number of rotatable bonds is 5. The summed E-state index contributed by atoms with van der Waals surface area (Å²) in [6, 6.07) is 16.6. The molecule has 0 unspecified atom stereocenters. The van der Waals surface area contributed by atoms with Crippen LogP contribution in [0.15, 0.2) is 57.9 Å². The van der Waals surface area contributed by atoms with Gasteiger partial charge in [0, 0.05) is 15.1 Å². The van der Waals surface area contributed by atoms with Crippen molar-refractivity contribution in [2.45, 2.75) is 17.7 Å². The third-order valence-electron chi connectivity index (χ3n) is 2.69. The summed E-state index contributed by atoms with van der Waals surface area (Å²) < 4.78 is 1.09. The van der Waals surface area contributed by atoms with Gasteiger partial charge in [-0.15, -0.1) is 11.8 Å². The highest BCUT2D eigenvalue weighted by atomic mass is 79.9. The molecule has 3 heteroatoms. The lowest BCUT2D eigenvalue weighted by Gasteiger charge is -2.06. The Balaban J connectivity index is 1.80. The highest BCUT2D eigenvalue weighted by Crippen LogP contribution is 2.28. The molecule has 0 heterocycles. The first-order valence-corrected chi connectivity index (χ1v) is 7.75. The van der Waals surface area contributed by atoms with Crippen molar-refractivity contribution in [3.63, 3.8) is 0 Å². The van der Waals surface area contributed by atoms with Crippen molar-refractivity contribution in [1.29, 1.82) is 0 Å². The first-order chi connectivity index (χ1) is 8.75. The van der Waals surface area contributed by atoms with E-state index in [9.17, 15) is 0 Å². The number of hydrogen-bond acceptors (Lipinski definition) is 2. The molecular weight excluding hydrogens is 306 g/mol. The fraction of sp³-hybridized carbons (Fsp3) is 0.200. The van der Waals surface area contributed by atoms with Crippen LogP contribution in [0.5, 0.6) is 0 Å². The van der Waals surface area contributed by atoms with Crippen LogP contribution in [-0.4, -0.2) is 5.75 Å². The number of nitrogen functional groups attached to an aromatic ring is 1. The van der Waals surface area contributed by atoms with E-state index in [4.69, 9.17) is 5.73 Å². The highest BCUT2D eigenvalue weighted by Gasteiger charge is 2.01. The van der Waals surface area contributed by atoms with Gasteiger partial charge in [0.25, 0.3) is 0 Å². The van der Waals surface area contributed by atoms with Crippen molar-refractivity contribution < 1.29 is 0 Å². The Hall–Kier alpha value is -0.930. The third kappa shape index (κ3) is 4.07. The number of hydrogen-bond donors (Lipinski definition) is 1. The summed E-state index contributed by atoms with van der Waals surface area (Å²) in [5.74, 6) is 1.09. The van der Waals surface area contributed by atoms with Gasteiger partial charge in [-0.2, -0.15) is 0 Å². The van der Waals surface area contributed by atoms with Crippen LogP contribution in [-0.2, 0) is 6.42 Å². The van der Waals surface area contributed by atoms with Crippen LogP contribution < -0.4 is 5.73 Å². The minimum Gasteiger partial charge on any atom is -0.398 e. The Morgan fingerprint density at radius 3 is 2.61 bits per heavy atom. The fourth-order valence-corrected chi connectivity index (χ4v) is 3.20. The summed E-state index contributed by atoms with van der Waals surface area (Å²) >= 11 is 5.30. The van der Waals surface area contributed by atoms with Gasteiger partial charge in [-0.1, -0.05) is 46.3 Å². The summed E-state index contributed by atoms with van der Waals surface area (Å²) in [7, 11) is 0. The predicted molar refractivity (Wildman–Crippen MR) is 84.0 cm³/mol. The zero-order valence-corrected chi connectivity index (χ0v) is 12.5. The standard InChI is InChI=1S/C15H16BrNS/c16-13-8-9-14(17)15(11-13)18-10-4-7-12-5-2-1-3-6-12/h1-3,5-6,8-9,11H,4,7,10,17H2. The van der Waals surface area contributed by atoms with E-state index >= 15 is 0 Å². The number of thioether (sulfide) groups is 1. The number of halogens is 1. The molecule has 2 aromatic rings. The van der Waals surface area contributed by atoms with Gasteiger partial charge in [0.05, 0.1) is 0 Å². The molecule has 0 aliphatic heterocycles. The molecule has 1 nitrogen and oxygen atoms in total. The molecular formula is C15H16BrNS. The molecule has 18 heavy (non-hydrogen) atoms. The van der Waals surface area contributed by atoms with Gasteiger partial charge in [-0.3, -0.25) is 0 Å². The monoisotopic (exact) mass is 321 g/mol. The molecule has 0 aliphatic rings. The molecule has 2 N–H and O–H groups in total. The Morgan fingerprint density at radius 2 is 1.83 bits per heavy atom. The van der Waals surface area contributed by atoms with Crippen molar-refractivity contribution in [3.05, 3.63) is 58.6 Å². The van der Waals surface area contributed by atoms with Gasteiger partial charge in [0.15, 0.2) is 0 Å². The first-order valence-electron chi connectivity index (χ1n) is 5.97. The van der Waals surface area contributed by atoms with Crippen LogP contribution in [0.2, 0.25) is 0 Å². The summed E-state index contributed by atoms with van der Waals surface area (Å²) in [4.78, 5) is 1.16.